The highest BCUT2D eigenvalue weighted by Crippen LogP contribution is 2.21. The highest BCUT2D eigenvalue weighted by molar-refractivity contribution is 6.31. The number of hydrogen-bond acceptors (Lipinski definition) is 3. The molecule has 0 saturated heterocycles. The van der Waals surface area contributed by atoms with Gasteiger partial charge in [0.25, 0.3) is 0 Å². The molecule has 3 aromatic carbocycles. The van der Waals surface area contributed by atoms with Gasteiger partial charge in [-0.2, -0.15) is 0 Å². The van der Waals surface area contributed by atoms with Crippen molar-refractivity contribution < 1.29 is 4.79 Å². The third-order valence-electron chi connectivity index (χ3n) is 4.03. The summed E-state index contributed by atoms with van der Waals surface area (Å²) in [7, 11) is 0. The van der Waals surface area contributed by atoms with Gasteiger partial charge in [-0.1, -0.05) is 78.9 Å². The molecule has 0 atom stereocenters. The zero-order valence-corrected chi connectivity index (χ0v) is 14.6. The van der Waals surface area contributed by atoms with E-state index >= 15 is 0 Å². The largest absolute Gasteiger partial charge is 0.398 e. The molecule has 3 aromatic rings. The van der Waals surface area contributed by atoms with Crippen LogP contribution in [0.1, 0.15) is 22.8 Å². The molecule has 128 valence electrons. The molecule has 3 heteroatoms. The predicted octanol–water partition coefficient (Wildman–Crippen LogP) is 5.03. The fraction of sp³-hybridized carbons (Fsp3) is 0.0435. The first-order valence-corrected chi connectivity index (χ1v) is 8.42. The number of Topliss-reactive ketones (excluding diaryl/α,β-unsaturated/α-hetero) is 1. The lowest BCUT2D eigenvalue weighted by atomic mass is 9.95. The molecule has 0 heterocycles. The van der Waals surface area contributed by atoms with Gasteiger partial charge in [-0.25, -0.2) is 0 Å². The van der Waals surface area contributed by atoms with Crippen LogP contribution >= 0.6 is 0 Å². The SMILES string of the molecule is CC(=Nc1ccccc1)C(C(=O)c1ccccc1)=C(N)c1ccccc1. The number of aliphatic imine (C=N–C) groups is 1. The van der Waals surface area contributed by atoms with E-state index in [0.29, 0.717) is 22.5 Å². The second-order valence-corrected chi connectivity index (χ2v) is 5.88. The molecule has 3 nitrogen and oxygen atoms in total. The number of rotatable bonds is 5. The molecule has 0 spiro atoms. The summed E-state index contributed by atoms with van der Waals surface area (Å²) in [6.07, 6.45) is 0. The van der Waals surface area contributed by atoms with Crippen LogP contribution in [0.25, 0.3) is 5.70 Å². The molecule has 0 fully saturated rings. The van der Waals surface area contributed by atoms with Crippen LogP contribution in [0.3, 0.4) is 0 Å². The first-order valence-electron chi connectivity index (χ1n) is 8.42. The highest BCUT2D eigenvalue weighted by Gasteiger charge is 2.19. The van der Waals surface area contributed by atoms with Gasteiger partial charge in [0.05, 0.1) is 22.7 Å². The average Bonchev–Trinajstić information content (AvgIpc) is 2.70. The number of carbonyl (C=O) groups excluding carboxylic acids is 1. The summed E-state index contributed by atoms with van der Waals surface area (Å²) in [6, 6.07) is 28.2. The minimum atomic E-state index is -0.135. The monoisotopic (exact) mass is 340 g/mol. The number of carbonyl (C=O) groups is 1. The molecule has 2 N–H and O–H groups in total. The van der Waals surface area contributed by atoms with Gasteiger partial charge >= 0.3 is 0 Å². The Kier molecular flexibility index (Phi) is 5.40. The Morgan fingerprint density at radius 2 is 1.19 bits per heavy atom. The Hall–Kier alpha value is -3.46. The van der Waals surface area contributed by atoms with E-state index < -0.39 is 0 Å². The summed E-state index contributed by atoms with van der Waals surface area (Å²) in [6.45, 7) is 1.82. The van der Waals surface area contributed by atoms with Gasteiger partial charge < -0.3 is 5.73 Å². The van der Waals surface area contributed by atoms with Crippen molar-refractivity contribution >= 4 is 22.9 Å². The quantitative estimate of drug-likeness (QED) is 0.402. The van der Waals surface area contributed by atoms with Crippen molar-refractivity contribution in [2.45, 2.75) is 6.92 Å². The molecule has 0 aliphatic rings. The van der Waals surface area contributed by atoms with Crippen LogP contribution in [0.5, 0.6) is 0 Å². The van der Waals surface area contributed by atoms with E-state index in [2.05, 4.69) is 4.99 Å². The molecule has 0 unspecified atom stereocenters. The van der Waals surface area contributed by atoms with Crippen LogP contribution < -0.4 is 5.73 Å². The summed E-state index contributed by atoms with van der Waals surface area (Å²) in [5.41, 5.74) is 10.0. The number of para-hydroxylation sites is 1. The molecule has 0 radical (unpaired) electrons. The molecule has 0 bridgehead atoms. The van der Waals surface area contributed by atoms with E-state index in [4.69, 9.17) is 5.73 Å². The Morgan fingerprint density at radius 1 is 0.731 bits per heavy atom. The smallest absolute Gasteiger partial charge is 0.196 e. The predicted molar refractivity (Wildman–Crippen MR) is 108 cm³/mol. The van der Waals surface area contributed by atoms with Gasteiger partial charge in [0.1, 0.15) is 0 Å². The maximum Gasteiger partial charge on any atom is 0.196 e. The minimum absolute atomic E-state index is 0.135. The molecule has 0 aliphatic heterocycles. The lowest BCUT2D eigenvalue weighted by Crippen LogP contribution is -2.17. The number of hydrogen-bond donors (Lipinski definition) is 1. The van der Waals surface area contributed by atoms with E-state index in [1.54, 1.807) is 12.1 Å². The molecule has 0 aromatic heterocycles. The van der Waals surface area contributed by atoms with Crippen molar-refractivity contribution in [3.05, 3.63) is 108 Å². The van der Waals surface area contributed by atoms with Crippen LogP contribution in [-0.4, -0.2) is 11.5 Å². The molecule has 0 aliphatic carbocycles. The fourth-order valence-electron chi connectivity index (χ4n) is 2.73. The molecular formula is C23H20N2O. The standard InChI is InChI=1S/C23H20N2O/c1-17(25-20-15-9-4-10-16-20)21(22(24)18-11-5-2-6-12-18)23(26)19-13-7-3-8-14-19/h2-16H,24H2,1H3. The third kappa shape index (κ3) is 3.95. The Bertz CT molecular complexity index is 943. The van der Waals surface area contributed by atoms with Crippen LogP contribution in [0, 0.1) is 0 Å². The minimum Gasteiger partial charge on any atom is -0.398 e. The van der Waals surface area contributed by atoms with Gasteiger partial charge in [0.2, 0.25) is 0 Å². The molecule has 3 rings (SSSR count). The van der Waals surface area contributed by atoms with Crippen molar-refractivity contribution in [3.63, 3.8) is 0 Å². The third-order valence-corrected chi connectivity index (χ3v) is 4.03. The zero-order chi connectivity index (χ0) is 18.4. The van der Waals surface area contributed by atoms with Crippen molar-refractivity contribution in [2.24, 2.45) is 10.7 Å². The Labute approximate surface area is 153 Å². The first-order chi connectivity index (χ1) is 12.7. The number of allylic oxidation sites excluding steroid dienone is 1. The highest BCUT2D eigenvalue weighted by atomic mass is 16.1. The Morgan fingerprint density at radius 3 is 1.73 bits per heavy atom. The normalized spacial score (nSPS) is 12.4. The summed E-state index contributed by atoms with van der Waals surface area (Å²) < 4.78 is 0. The van der Waals surface area contributed by atoms with Gasteiger partial charge in [0, 0.05) is 5.56 Å². The number of benzene rings is 3. The lowest BCUT2D eigenvalue weighted by molar-refractivity contribution is 0.104. The summed E-state index contributed by atoms with van der Waals surface area (Å²) in [5, 5.41) is 0. The average molecular weight is 340 g/mol. The van der Waals surface area contributed by atoms with E-state index in [-0.39, 0.29) is 5.78 Å². The van der Waals surface area contributed by atoms with E-state index in [0.717, 1.165) is 11.3 Å². The van der Waals surface area contributed by atoms with Gasteiger partial charge in [-0.3, -0.25) is 9.79 Å². The molecule has 0 amide bonds. The first kappa shape index (κ1) is 17.4. The number of nitrogens with two attached hydrogens (primary N) is 1. The topological polar surface area (TPSA) is 55.5 Å². The maximum absolute atomic E-state index is 13.2. The molecular weight excluding hydrogens is 320 g/mol. The van der Waals surface area contributed by atoms with Crippen LogP contribution in [0.4, 0.5) is 5.69 Å². The van der Waals surface area contributed by atoms with Crippen molar-refractivity contribution in [3.8, 4) is 0 Å². The summed E-state index contributed by atoms with van der Waals surface area (Å²) in [4.78, 5) is 17.8. The second-order valence-electron chi connectivity index (χ2n) is 5.88. The van der Waals surface area contributed by atoms with Crippen molar-refractivity contribution in [1.82, 2.24) is 0 Å². The molecule has 0 saturated carbocycles. The molecule has 26 heavy (non-hydrogen) atoms. The maximum atomic E-state index is 13.2. The fourth-order valence-corrected chi connectivity index (χ4v) is 2.73. The summed E-state index contributed by atoms with van der Waals surface area (Å²) in [5.74, 6) is -0.135. The van der Waals surface area contributed by atoms with Gasteiger partial charge in [-0.15, -0.1) is 0 Å². The van der Waals surface area contributed by atoms with Gasteiger partial charge in [0.15, 0.2) is 5.78 Å². The lowest BCUT2D eigenvalue weighted by Gasteiger charge is -2.12. The van der Waals surface area contributed by atoms with Crippen LogP contribution in [-0.2, 0) is 0 Å². The van der Waals surface area contributed by atoms with Crippen molar-refractivity contribution in [1.29, 1.82) is 0 Å². The van der Waals surface area contributed by atoms with Crippen LogP contribution in [0.15, 0.2) is 102 Å². The van der Waals surface area contributed by atoms with Crippen molar-refractivity contribution in [2.75, 3.05) is 0 Å². The summed E-state index contributed by atoms with van der Waals surface area (Å²) >= 11 is 0. The van der Waals surface area contributed by atoms with Crippen LogP contribution in [0.2, 0.25) is 0 Å². The second kappa shape index (κ2) is 8.08. The zero-order valence-electron chi connectivity index (χ0n) is 14.6. The van der Waals surface area contributed by atoms with E-state index in [1.807, 2.05) is 85.8 Å². The number of nitrogens with zero attached hydrogens (tertiary/aromatic N) is 1. The van der Waals surface area contributed by atoms with Gasteiger partial charge in [-0.05, 0) is 24.6 Å². The Balaban J connectivity index is 2.14. The van der Waals surface area contributed by atoms with E-state index in [9.17, 15) is 4.79 Å². The number of ketones is 1. The van der Waals surface area contributed by atoms with E-state index in [1.165, 1.54) is 0 Å².